The average molecular weight is 1810 g/mol. The number of unbranched alkanes of at least 4 members (excludes halogenated alkanes) is 58. The molecule has 2 aliphatic rings. The minimum atomic E-state index is -3.25. The fourth-order valence-corrected chi connectivity index (χ4v) is 55.5. The van der Waals surface area contributed by atoms with E-state index in [1.54, 1.807) is 29.4 Å². The zero-order chi connectivity index (χ0) is 82.3. The van der Waals surface area contributed by atoms with E-state index < -0.39 is 36.8 Å². The zero-order valence-corrected chi connectivity index (χ0v) is 84.8. The second-order valence-electron chi connectivity index (χ2n) is 39.3. The first-order valence-electron chi connectivity index (χ1n) is 53.0. The first kappa shape index (κ1) is 101. The van der Waals surface area contributed by atoms with E-state index in [9.17, 15) is 0 Å². The van der Waals surface area contributed by atoms with Crippen LogP contribution in [0.3, 0.4) is 0 Å². The van der Waals surface area contributed by atoms with Gasteiger partial charge >= 0.3 is 526 Å². The number of benzene rings is 3. The van der Waals surface area contributed by atoms with Gasteiger partial charge in [0.1, 0.15) is 0 Å². The number of hydrogen-bond acceptors (Lipinski definition) is 6. The van der Waals surface area contributed by atoms with Crippen molar-refractivity contribution in [3.8, 4) is 22.3 Å². The van der Waals surface area contributed by atoms with Crippen LogP contribution in [-0.2, 0) is 10.8 Å². The molecule has 0 atom stereocenters. The van der Waals surface area contributed by atoms with Gasteiger partial charge in [0.25, 0.3) is 0 Å². The van der Waals surface area contributed by atoms with Crippen molar-refractivity contribution in [1.29, 1.82) is 0 Å². The summed E-state index contributed by atoms with van der Waals surface area (Å²) in [5, 5.41) is 21.4. The van der Waals surface area contributed by atoms with Crippen molar-refractivity contribution in [3.05, 3.63) is 46.5 Å². The second-order valence-corrected chi connectivity index (χ2v) is 65.5. The molecule has 0 unspecified atom stereocenters. The Kier molecular flexibility index (Phi) is 53.5. The van der Waals surface area contributed by atoms with Gasteiger partial charge in [0, 0.05) is 0 Å². The Morgan fingerprint density at radius 1 is 0.198 bits per heavy atom. The van der Waals surface area contributed by atoms with Crippen molar-refractivity contribution in [2.45, 2.75) is 569 Å². The summed E-state index contributed by atoms with van der Waals surface area (Å²) in [7, 11) is 0. The van der Waals surface area contributed by atoms with Crippen LogP contribution in [0.2, 0.25) is 26.6 Å². The van der Waals surface area contributed by atoms with E-state index in [-0.39, 0.29) is 10.8 Å². The van der Waals surface area contributed by atoms with Gasteiger partial charge in [-0.05, 0) is 0 Å². The molecule has 0 N–H and O–H groups in total. The molecular formula is C108H190N4O2Sn2. The normalized spacial score (nSPS) is 13.7. The van der Waals surface area contributed by atoms with Gasteiger partial charge in [-0.15, -0.1) is 0 Å². The van der Waals surface area contributed by atoms with Crippen LogP contribution in [0.1, 0.15) is 554 Å². The van der Waals surface area contributed by atoms with Crippen LogP contribution < -0.4 is 7.16 Å². The zero-order valence-electron chi connectivity index (χ0n) is 79.1. The van der Waals surface area contributed by atoms with E-state index in [1.165, 1.54) is 522 Å². The van der Waals surface area contributed by atoms with Gasteiger partial charge in [-0.2, -0.15) is 0 Å². The van der Waals surface area contributed by atoms with Gasteiger partial charge < -0.3 is 0 Å². The molecule has 0 saturated carbocycles. The fourth-order valence-electron chi connectivity index (χ4n) is 22.5. The molecule has 0 spiro atoms. The maximum absolute atomic E-state index is 6.43. The molecule has 7 rings (SSSR count). The van der Waals surface area contributed by atoms with Crippen molar-refractivity contribution < 1.29 is 9.26 Å². The SMILES string of the molecule is CCCCCCCCCCCCCCCCC1(CCCCCCCCCCCCCCCC)c2cc3c(cc2-c2c1c[c]([Sn]([CH2]CCC)([CH2]CCC)[CH2]CCC)c1nonc21)C(CCCCCCCCCCCCCCCC)(CCCCCCCCCCCCCCCC)c1c[c]([Sn]([CH2]CCC)([CH2]CCC)[CH2]CCC)c2nonc2c1-3. The van der Waals surface area contributed by atoms with Gasteiger partial charge in [0.2, 0.25) is 0 Å². The third-order valence-electron chi connectivity index (χ3n) is 29.9. The summed E-state index contributed by atoms with van der Waals surface area (Å²) in [6, 6.07) is 11.8. The molecule has 0 aliphatic heterocycles. The molecule has 0 amide bonds. The number of rotatable bonds is 80. The summed E-state index contributed by atoms with van der Waals surface area (Å²) in [6.45, 7) is 24.2. The van der Waals surface area contributed by atoms with Gasteiger partial charge in [-0.3, -0.25) is 0 Å². The molecule has 0 bridgehead atoms. The molecule has 2 aromatic heterocycles. The van der Waals surface area contributed by atoms with Gasteiger partial charge in [0.05, 0.1) is 0 Å². The summed E-state index contributed by atoms with van der Waals surface area (Å²) in [5.74, 6) is 0. The van der Waals surface area contributed by atoms with Crippen molar-refractivity contribution in [2.75, 3.05) is 0 Å². The van der Waals surface area contributed by atoms with E-state index in [1.807, 2.05) is 0 Å². The standard InChI is InChI=1S/C84H136N4O2.6C4H9.2Sn/c1-5-9-13-17-21-25-29-33-37-41-45-49-53-57-65-83(66-58-54-50-46-42-38-34-30-26-22-18-14-10-6-2)73-61-63-77-81(87-89-85-77)79(73)71-70-76-72(69-75(71)83)80-74(62-64-78-82(80)88-90-86-78)84(76,67-59-55-51-47-43-39-35-31-27-23-19-15-11-7-3)68-60-56-52-48-44-40-36-32-28-24-20-16-12-8-4;6*1-3-4-2;;/h61-62,69-70H,5-60,65-68H2,1-4H3;6*1,3-4H2,2H3;;. The van der Waals surface area contributed by atoms with Gasteiger partial charge in [-0.25, -0.2) is 0 Å². The van der Waals surface area contributed by atoms with Crippen molar-refractivity contribution in [1.82, 2.24) is 20.6 Å². The number of aromatic nitrogens is 4. The summed E-state index contributed by atoms with van der Waals surface area (Å²) in [5.41, 5.74) is 16.7. The van der Waals surface area contributed by atoms with Crippen LogP contribution >= 0.6 is 0 Å². The number of hydrogen-bond donors (Lipinski definition) is 0. The number of fused-ring (bicyclic) bond motifs is 10. The van der Waals surface area contributed by atoms with Crippen LogP contribution in [0.25, 0.3) is 44.3 Å². The molecule has 5 aromatic rings. The average Bonchev–Trinajstić information content (AvgIpc) is 1.51. The number of nitrogens with zero attached hydrogens (tertiary/aromatic N) is 4. The molecule has 0 fully saturated rings. The van der Waals surface area contributed by atoms with Gasteiger partial charge in [0.15, 0.2) is 0 Å². The summed E-state index contributed by atoms with van der Waals surface area (Å²) in [4.78, 5) is 0. The van der Waals surface area contributed by atoms with Crippen LogP contribution in [0, 0.1) is 0 Å². The van der Waals surface area contributed by atoms with Crippen molar-refractivity contribution >= 4 is 66.0 Å². The molecule has 662 valence electrons. The molecule has 0 radical (unpaired) electrons. The van der Waals surface area contributed by atoms with Crippen LogP contribution in [-0.4, -0.2) is 57.4 Å². The molecule has 3 aromatic carbocycles. The van der Waals surface area contributed by atoms with Crippen LogP contribution in [0.5, 0.6) is 0 Å². The maximum atomic E-state index is 6.43. The summed E-state index contributed by atoms with van der Waals surface area (Å²) < 4.78 is 24.7. The molecular weight excluding hydrogens is 1620 g/mol. The van der Waals surface area contributed by atoms with Crippen LogP contribution in [0.15, 0.2) is 33.5 Å². The van der Waals surface area contributed by atoms with Crippen molar-refractivity contribution in [2.24, 2.45) is 0 Å². The molecule has 6 nitrogen and oxygen atoms in total. The van der Waals surface area contributed by atoms with Crippen LogP contribution in [0.4, 0.5) is 0 Å². The third kappa shape index (κ3) is 31.9. The molecule has 2 aliphatic carbocycles. The van der Waals surface area contributed by atoms with E-state index in [2.05, 4.69) is 93.5 Å². The third-order valence-corrected chi connectivity index (χ3v) is 61.0. The quantitative estimate of drug-likeness (QED) is 0.0285. The predicted octanol–water partition coefficient (Wildman–Crippen LogP) is 36.9. The Morgan fingerprint density at radius 2 is 0.371 bits per heavy atom. The Hall–Kier alpha value is -1.94. The van der Waals surface area contributed by atoms with Gasteiger partial charge in [-0.1, -0.05) is 207 Å². The van der Waals surface area contributed by atoms with E-state index >= 15 is 0 Å². The Balaban J connectivity index is 1.40. The first-order chi connectivity index (χ1) is 57.2. The monoisotopic (exact) mass is 1820 g/mol. The van der Waals surface area contributed by atoms with E-state index in [0.717, 1.165) is 11.0 Å². The Morgan fingerprint density at radius 3 is 0.560 bits per heavy atom. The Labute approximate surface area is 727 Å². The van der Waals surface area contributed by atoms with E-state index in [4.69, 9.17) is 29.9 Å². The minimum absolute atomic E-state index is 0.143. The molecule has 8 heteroatoms. The topological polar surface area (TPSA) is 77.8 Å². The molecule has 116 heavy (non-hydrogen) atoms. The Bertz CT molecular complexity index is 2950. The summed E-state index contributed by atoms with van der Waals surface area (Å²) in [6.07, 6.45) is 98.3. The van der Waals surface area contributed by atoms with Crippen molar-refractivity contribution in [3.63, 3.8) is 0 Å². The summed E-state index contributed by atoms with van der Waals surface area (Å²) >= 11 is -6.49. The predicted molar refractivity (Wildman–Crippen MR) is 518 cm³/mol. The van der Waals surface area contributed by atoms with E-state index in [0.29, 0.717) is 0 Å². The first-order valence-corrected chi connectivity index (χ1v) is 68.0. The molecule has 2 heterocycles. The molecule has 0 saturated heterocycles. The second kappa shape index (κ2) is 61.4. The fraction of sp³-hybridized carbons (Fsp3) is 0.833.